The van der Waals surface area contributed by atoms with Crippen molar-refractivity contribution in [2.45, 2.75) is 38.5 Å². The highest BCUT2D eigenvalue weighted by molar-refractivity contribution is 6.36. The van der Waals surface area contributed by atoms with Crippen LogP contribution in [0.15, 0.2) is 48.5 Å². The van der Waals surface area contributed by atoms with Gasteiger partial charge in [0.25, 0.3) is 11.7 Å². The molecule has 2 unspecified atom stereocenters. The second kappa shape index (κ2) is 9.73. The van der Waals surface area contributed by atoms with Gasteiger partial charge in [0.2, 0.25) is 0 Å². The molecular weight excluding hydrogens is 410 g/mol. The van der Waals surface area contributed by atoms with E-state index < -0.39 is 29.5 Å². The van der Waals surface area contributed by atoms with Crippen molar-refractivity contribution in [1.29, 1.82) is 5.26 Å². The van der Waals surface area contributed by atoms with Gasteiger partial charge in [0.05, 0.1) is 24.2 Å². The quantitative estimate of drug-likeness (QED) is 0.529. The van der Waals surface area contributed by atoms with Crippen molar-refractivity contribution in [2.75, 3.05) is 18.5 Å². The predicted molar refractivity (Wildman–Crippen MR) is 117 cm³/mol. The third-order valence-corrected chi connectivity index (χ3v) is 4.68. The summed E-state index contributed by atoms with van der Waals surface area (Å²) in [7, 11) is 0. The van der Waals surface area contributed by atoms with Crippen molar-refractivity contribution < 1.29 is 23.9 Å². The van der Waals surface area contributed by atoms with Crippen LogP contribution in [0.3, 0.4) is 0 Å². The molecule has 8 nitrogen and oxygen atoms in total. The van der Waals surface area contributed by atoms with Crippen LogP contribution < -0.4 is 10.6 Å². The first kappa shape index (κ1) is 23.1. The number of rotatable bonds is 6. The number of carbonyl (C=O) groups is 3. The largest absolute Gasteiger partial charge is 0.454 e. The number of amides is 1. The minimum atomic E-state index is -0.963. The standard InChI is InChI=1S/C24H25N3O5/c1-24(2,3)32-23(30)20(28)19(16-9-7-15(14-25)8-10-16)17-5-4-6-18(13-17)27-21(29)22-26-11-12-31-22/h4-10,13,19,22,26H,11-12H2,1-3H3,(H,27,29). The Bertz CT molecular complexity index is 1040. The lowest BCUT2D eigenvalue weighted by Gasteiger charge is -2.22. The molecule has 32 heavy (non-hydrogen) atoms. The lowest BCUT2D eigenvalue weighted by atomic mass is 9.87. The van der Waals surface area contributed by atoms with E-state index >= 15 is 0 Å². The fourth-order valence-electron chi connectivity index (χ4n) is 3.29. The second-order valence-corrected chi connectivity index (χ2v) is 8.35. The van der Waals surface area contributed by atoms with Gasteiger partial charge in [-0.2, -0.15) is 5.26 Å². The number of anilines is 1. The van der Waals surface area contributed by atoms with Gasteiger partial charge >= 0.3 is 5.97 Å². The highest BCUT2D eigenvalue weighted by atomic mass is 16.6. The first-order valence-electron chi connectivity index (χ1n) is 10.2. The maximum absolute atomic E-state index is 13.2. The number of carbonyl (C=O) groups excluding carboxylic acids is 3. The first-order chi connectivity index (χ1) is 15.2. The molecule has 166 valence electrons. The smallest absolute Gasteiger partial charge is 0.376 e. The molecule has 2 aromatic rings. The zero-order valence-corrected chi connectivity index (χ0v) is 18.2. The van der Waals surface area contributed by atoms with Crippen molar-refractivity contribution in [3.05, 3.63) is 65.2 Å². The summed E-state index contributed by atoms with van der Waals surface area (Å²) in [4.78, 5) is 38.1. The van der Waals surface area contributed by atoms with Crippen LogP contribution in [-0.2, 0) is 23.9 Å². The minimum Gasteiger partial charge on any atom is -0.454 e. The van der Waals surface area contributed by atoms with Gasteiger partial charge in [0, 0.05) is 12.2 Å². The van der Waals surface area contributed by atoms with E-state index in [4.69, 9.17) is 14.7 Å². The fraction of sp³-hybridized carbons (Fsp3) is 0.333. The highest BCUT2D eigenvalue weighted by Crippen LogP contribution is 2.29. The average Bonchev–Trinajstić information content (AvgIpc) is 3.28. The van der Waals surface area contributed by atoms with E-state index in [0.29, 0.717) is 35.5 Å². The van der Waals surface area contributed by atoms with Gasteiger partial charge in [0.1, 0.15) is 5.60 Å². The Morgan fingerprint density at radius 2 is 1.88 bits per heavy atom. The number of ketones is 1. The van der Waals surface area contributed by atoms with Crippen LogP contribution in [0.5, 0.6) is 0 Å². The molecule has 0 spiro atoms. The van der Waals surface area contributed by atoms with Gasteiger partial charge in [-0.1, -0.05) is 24.3 Å². The molecule has 2 N–H and O–H groups in total. The van der Waals surface area contributed by atoms with Gasteiger partial charge in [-0.15, -0.1) is 0 Å². The van der Waals surface area contributed by atoms with Crippen LogP contribution in [0, 0.1) is 11.3 Å². The molecule has 0 aliphatic carbocycles. The number of esters is 1. The Labute approximate surface area is 186 Å². The SMILES string of the molecule is CC(C)(C)OC(=O)C(=O)C(c1ccc(C#N)cc1)c1cccc(NC(=O)C2NCCO2)c1. The molecule has 0 saturated carbocycles. The lowest BCUT2D eigenvalue weighted by molar-refractivity contribution is -0.162. The summed E-state index contributed by atoms with van der Waals surface area (Å²) in [6.45, 7) is 6.09. The number of hydrogen-bond donors (Lipinski definition) is 2. The molecule has 0 aromatic heterocycles. The van der Waals surface area contributed by atoms with Gasteiger partial charge in [0.15, 0.2) is 6.23 Å². The van der Waals surface area contributed by atoms with E-state index in [9.17, 15) is 14.4 Å². The number of Topliss-reactive ketones (excluding diaryl/α,β-unsaturated/α-hetero) is 1. The Morgan fingerprint density at radius 1 is 1.16 bits per heavy atom. The molecule has 1 aliphatic heterocycles. The van der Waals surface area contributed by atoms with Gasteiger partial charge in [-0.3, -0.25) is 14.9 Å². The van der Waals surface area contributed by atoms with Crippen molar-refractivity contribution in [1.82, 2.24) is 5.32 Å². The summed E-state index contributed by atoms with van der Waals surface area (Å²) >= 11 is 0. The number of nitrogens with one attached hydrogen (secondary N) is 2. The molecule has 2 atom stereocenters. The molecule has 0 radical (unpaired) electrons. The lowest BCUT2D eigenvalue weighted by Crippen LogP contribution is -2.36. The van der Waals surface area contributed by atoms with E-state index in [-0.39, 0.29) is 5.91 Å². The Balaban J connectivity index is 1.93. The average molecular weight is 435 g/mol. The number of benzene rings is 2. The normalized spacial score (nSPS) is 16.6. The van der Waals surface area contributed by atoms with Gasteiger partial charge < -0.3 is 14.8 Å². The summed E-state index contributed by atoms with van der Waals surface area (Å²) in [6.07, 6.45) is -0.739. The van der Waals surface area contributed by atoms with Crippen molar-refractivity contribution in [3.63, 3.8) is 0 Å². The van der Waals surface area contributed by atoms with Crippen LogP contribution in [0.4, 0.5) is 5.69 Å². The molecule has 1 amide bonds. The maximum Gasteiger partial charge on any atom is 0.376 e. The number of nitrogens with zero attached hydrogens (tertiary/aromatic N) is 1. The van der Waals surface area contributed by atoms with Crippen molar-refractivity contribution in [3.8, 4) is 6.07 Å². The number of ether oxygens (including phenoxy) is 2. The van der Waals surface area contributed by atoms with E-state index in [1.165, 1.54) is 0 Å². The molecule has 1 heterocycles. The monoisotopic (exact) mass is 435 g/mol. The molecule has 8 heteroatoms. The topological polar surface area (TPSA) is 118 Å². The molecule has 3 rings (SSSR count). The van der Waals surface area contributed by atoms with Gasteiger partial charge in [-0.25, -0.2) is 4.79 Å². The summed E-state index contributed by atoms with van der Waals surface area (Å²) in [5.41, 5.74) is 1.10. The van der Waals surface area contributed by atoms with Crippen molar-refractivity contribution >= 4 is 23.3 Å². The third kappa shape index (κ3) is 5.78. The summed E-state index contributed by atoms with van der Waals surface area (Å²) in [5.74, 6) is -3.01. The summed E-state index contributed by atoms with van der Waals surface area (Å²) < 4.78 is 10.6. The Kier molecular flexibility index (Phi) is 7.03. The van der Waals surface area contributed by atoms with E-state index in [1.54, 1.807) is 69.3 Å². The fourth-order valence-corrected chi connectivity index (χ4v) is 3.29. The third-order valence-electron chi connectivity index (χ3n) is 4.68. The van der Waals surface area contributed by atoms with Crippen LogP contribution in [0.25, 0.3) is 0 Å². The molecular formula is C24H25N3O5. The number of hydrogen-bond acceptors (Lipinski definition) is 7. The predicted octanol–water partition coefficient (Wildman–Crippen LogP) is 2.49. The first-order valence-corrected chi connectivity index (χ1v) is 10.2. The Morgan fingerprint density at radius 3 is 2.47 bits per heavy atom. The van der Waals surface area contributed by atoms with Crippen molar-refractivity contribution in [2.24, 2.45) is 0 Å². The van der Waals surface area contributed by atoms with Crippen LogP contribution in [-0.4, -0.2) is 42.6 Å². The molecule has 2 aromatic carbocycles. The van der Waals surface area contributed by atoms with E-state index in [0.717, 1.165) is 0 Å². The molecule has 1 aliphatic rings. The molecule has 1 saturated heterocycles. The molecule has 0 bridgehead atoms. The van der Waals surface area contributed by atoms with E-state index in [1.807, 2.05) is 6.07 Å². The van der Waals surface area contributed by atoms with Gasteiger partial charge in [-0.05, 0) is 56.2 Å². The Hall–Kier alpha value is -3.54. The van der Waals surface area contributed by atoms with Crippen LogP contribution >= 0.6 is 0 Å². The zero-order valence-electron chi connectivity index (χ0n) is 18.2. The molecule has 1 fully saturated rings. The summed E-state index contributed by atoms with van der Waals surface area (Å²) in [6, 6.07) is 15.2. The number of nitriles is 1. The maximum atomic E-state index is 13.2. The van der Waals surface area contributed by atoms with Crippen LogP contribution in [0.2, 0.25) is 0 Å². The second-order valence-electron chi connectivity index (χ2n) is 8.35. The van der Waals surface area contributed by atoms with Crippen LogP contribution in [0.1, 0.15) is 43.4 Å². The summed E-state index contributed by atoms with van der Waals surface area (Å²) in [5, 5.41) is 14.8. The van der Waals surface area contributed by atoms with E-state index in [2.05, 4.69) is 10.6 Å². The zero-order chi connectivity index (χ0) is 23.3. The highest BCUT2D eigenvalue weighted by Gasteiger charge is 2.32. The minimum absolute atomic E-state index is 0.354.